The maximum absolute atomic E-state index is 12.4. The molecule has 0 aliphatic rings. The molecule has 1 heterocycles. The molecule has 1 rings (SSSR count). The minimum Gasteiger partial charge on any atom is -0.299 e. The van der Waals surface area contributed by atoms with Gasteiger partial charge in [-0.3, -0.25) is 9.48 Å². The van der Waals surface area contributed by atoms with Crippen LogP contribution >= 0.6 is 11.6 Å². The van der Waals surface area contributed by atoms with Gasteiger partial charge in [0.1, 0.15) is 11.4 Å². The Labute approximate surface area is 88.1 Å². The lowest BCUT2D eigenvalue weighted by molar-refractivity contribution is -0.141. The van der Waals surface area contributed by atoms with Crippen molar-refractivity contribution in [2.75, 3.05) is 0 Å². The fourth-order valence-electron chi connectivity index (χ4n) is 1.01. The highest BCUT2D eigenvalue weighted by atomic mass is 35.5. The summed E-state index contributed by atoms with van der Waals surface area (Å²) in [6.45, 7) is 0. The summed E-state index contributed by atoms with van der Waals surface area (Å²) in [6, 6.07) is 0. The van der Waals surface area contributed by atoms with E-state index in [2.05, 4.69) is 5.10 Å². The zero-order valence-corrected chi connectivity index (χ0v) is 8.30. The van der Waals surface area contributed by atoms with E-state index < -0.39 is 11.9 Å². The number of aldehydes is 1. The van der Waals surface area contributed by atoms with E-state index in [0.717, 1.165) is 16.8 Å². The van der Waals surface area contributed by atoms with Crippen molar-refractivity contribution in [3.63, 3.8) is 0 Å². The number of hydrogen-bond donors (Lipinski definition) is 0. The van der Waals surface area contributed by atoms with Gasteiger partial charge in [-0.05, 0) is 12.2 Å². The van der Waals surface area contributed by atoms with E-state index in [4.69, 9.17) is 11.6 Å². The lowest BCUT2D eigenvalue weighted by atomic mass is 10.2. The van der Waals surface area contributed by atoms with Gasteiger partial charge in [0.15, 0.2) is 5.69 Å². The second-order valence-corrected chi connectivity index (χ2v) is 3.03. The topological polar surface area (TPSA) is 34.9 Å². The van der Waals surface area contributed by atoms with Crippen LogP contribution in [0.1, 0.15) is 11.3 Å². The number of halogens is 4. The van der Waals surface area contributed by atoms with Gasteiger partial charge in [0.05, 0.1) is 0 Å². The number of hydrogen-bond acceptors (Lipinski definition) is 2. The van der Waals surface area contributed by atoms with E-state index in [1.54, 1.807) is 0 Å². The summed E-state index contributed by atoms with van der Waals surface area (Å²) in [6.07, 6.45) is -2.32. The summed E-state index contributed by atoms with van der Waals surface area (Å²) in [4.78, 5) is 10.0. The predicted octanol–water partition coefficient (Wildman–Crippen LogP) is 2.30. The van der Waals surface area contributed by atoms with Crippen molar-refractivity contribution in [2.24, 2.45) is 7.05 Å². The fraction of sp³-hybridized carbons (Fsp3) is 0.250. The molecule has 0 atom stereocenters. The van der Waals surface area contributed by atoms with Crippen molar-refractivity contribution >= 4 is 24.0 Å². The van der Waals surface area contributed by atoms with Crippen LogP contribution in [0.15, 0.2) is 6.08 Å². The first-order valence-electron chi connectivity index (χ1n) is 3.79. The van der Waals surface area contributed by atoms with Crippen molar-refractivity contribution in [2.45, 2.75) is 6.18 Å². The summed E-state index contributed by atoms with van der Waals surface area (Å²) in [7, 11) is 1.29. The third-order valence-corrected chi connectivity index (χ3v) is 2.07. The molecule has 0 saturated carbocycles. The minimum absolute atomic E-state index is 0.166. The van der Waals surface area contributed by atoms with E-state index in [1.807, 2.05) is 0 Å². The number of aromatic nitrogens is 2. The molecule has 0 bridgehead atoms. The van der Waals surface area contributed by atoms with Gasteiger partial charge in [0, 0.05) is 12.6 Å². The molecule has 7 heteroatoms. The van der Waals surface area contributed by atoms with Crippen LogP contribution in [0, 0.1) is 0 Å². The highest BCUT2D eigenvalue weighted by Crippen LogP contribution is 2.34. The van der Waals surface area contributed by atoms with Crippen LogP contribution in [0.4, 0.5) is 13.2 Å². The van der Waals surface area contributed by atoms with E-state index in [-0.39, 0.29) is 10.7 Å². The normalized spacial score (nSPS) is 12.3. The number of aryl methyl sites for hydroxylation is 1. The molecule has 3 nitrogen and oxygen atoms in total. The van der Waals surface area contributed by atoms with Gasteiger partial charge in [-0.15, -0.1) is 0 Å². The van der Waals surface area contributed by atoms with Crippen LogP contribution in [0.2, 0.25) is 5.15 Å². The zero-order valence-electron chi connectivity index (χ0n) is 7.55. The Bertz CT molecular complexity index is 409. The lowest BCUT2D eigenvalue weighted by Crippen LogP contribution is -2.08. The fourth-order valence-corrected chi connectivity index (χ4v) is 1.20. The molecule has 1 aromatic heterocycles. The van der Waals surface area contributed by atoms with Crippen LogP contribution in [-0.4, -0.2) is 16.1 Å². The van der Waals surface area contributed by atoms with Crippen LogP contribution in [0.25, 0.3) is 6.08 Å². The molecule has 0 N–H and O–H groups in total. The molecule has 0 aliphatic heterocycles. The van der Waals surface area contributed by atoms with Gasteiger partial charge >= 0.3 is 6.18 Å². The third-order valence-electron chi connectivity index (χ3n) is 1.62. The standard InChI is InChI=1S/C8H6ClF3N2O/c1-14-7(9)5(3-2-4-15)6(13-14)8(10,11)12/h2-4H,1H3/b3-2+. The molecular weight excluding hydrogens is 233 g/mol. The summed E-state index contributed by atoms with van der Waals surface area (Å²) >= 11 is 5.59. The zero-order chi connectivity index (χ0) is 11.6. The first-order valence-corrected chi connectivity index (χ1v) is 4.17. The smallest absolute Gasteiger partial charge is 0.299 e. The van der Waals surface area contributed by atoms with Crippen LogP contribution < -0.4 is 0 Å². The highest BCUT2D eigenvalue weighted by molar-refractivity contribution is 6.31. The van der Waals surface area contributed by atoms with Gasteiger partial charge < -0.3 is 0 Å². The number of allylic oxidation sites excluding steroid dienone is 1. The second kappa shape index (κ2) is 4.06. The highest BCUT2D eigenvalue weighted by Gasteiger charge is 2.37. The molecule has 0 radical (unpaired) electrons. The maximum Gasteiger partial charge on any atom is 0.435 e. The molecule has 82 valence electrons. The molecule has 0 amide bonds. The molecule has 0 unspecified atom stereocenters. The Morgan fingerprint density at radius 1 is 1.47 bits per heavy atom. The Morgan fingerprint density at radius 3 is 2.53 bits per heavy atom. The van der Waals surface area contributed by atoms with Crippen molar-refractivity contribution in [1.82, 2.24) is 9.78 Å². The summed E-state index contributed by atoms with van der Waals surface area (Å²) in [5.74, 6) is 0. The van der Waals surface area contributed by atoms with Crippen molar-refractivity contribution in [3.05, 3.63) is 22.5 Å². The molecule has 0 aliphatic carbocycles. The minimum atomic E-state index is -4.59. The molecule has 15 heavy (non-hydrogen) atoms. The number of carbonyl (C=O) groups excluding carboxylic acids is 1. The van der Waals surface area contributed by atoms with Gasteiger partial charge in [0.25, 0.3) is 0 Å². The van der Waals surface area contributed by atoms with Gasteiger partial charge in [-0.25, -0.2) is 0 Å². The molecular formula is C8H6ClF3N2O. The number of carbonyl (C=O) groups is 1. The second-order valence-electron chi connectivity index (χ2n) is 2.67. The van der Waals surface area contributed by atoms with Crippen LogP contribution in [-0.2, 0) is 18.0 Å². The summed E-state index contributed by atoms with van der Waals surface area (Å²) < 4.78 is 38.1. The number of alkyl halides is 3. The van der Waals surface area contributed by atoms with Gasteiger partial charge in [-0.1, -0.05) is 11.6 Å². The average Bonchev–Trinajstić information content (AvgIpc) is 2.40. The Hall–Kier alpha value is -1.30. The lowest BCUT2D eigenvalue weighted by Gasteiger charge is -2.02. The predicted molar refractivity (Wildman–Crippen MR) is 48.3 cm³/mol. The van der Waals surface area contributed by atoms with Crippen molar-refractivity contribution in [1.29, 1.82) is 0 Å². The summed E-state index contributed by atoms with van der Waals surface area (Å²) in [5.41, 5.74) is -1.41. The first kappa shape index (κ1) is 11.8. The van der Waals surface area contributed by atoms with Crippen molar-refractivity contribution in [3.8, 4) is 0 Å². The molecule has 0 saturated heterocycles. The van der Waals surface area contributed by atoms with E-state index in [0.29, 0.717) is 6.29 Å². The largest absolute Gasteiger partial charge is 0.435 e. The van der Waals surface area contributed by atoms with Crippen LogP contribution in [0.5, 0.6) is 0 Å². The quantitative estimate of drug-likeness (QED) is 0.585. The Balaban J connectivity index is 3.33. The Kier molecular flexibility index (Phi) is 3.18. The van der Waals surface area contributed by atoms with E-state index >= 15 is 0 Å². The number of rotatable bonds is 2. The Morgan fingerprint density at radius 2 is 2.07 bits per heavy atom. The van der Waals surface area contributed by atoms with Crippen molar-refractivity contribution < 1.29 is 18.0 Å². The third kappa shape index (κ3) is 2.38. The monoisotopic (exact) mass is 238 g/mol. The van der Waals surface area contributed by atoms with E-state index in [9.17, 15) is 18.0 Å². The molecule has 0 aromatic carbocycles. The maximum atomic E-state index is 12.4. The number of nitrogens with zero attached hydrogens (tertiary/aromatic N) is 2. The first-order chi connectivity index (χ1) is 6.88. The van der Waals surface area contributed by atoms with E-state index in [1.165, 1.54) is 7.05 Å². The molecule has 1 aromatic rings. The van der Waals surface area contributed by atoms with Gasteiger partial charge in [0.2, 0.25) is 0 Å². The van der Waals surface area contributed by atoms with Crippen LogP contribution in [0.3, 0.4) is 0 Å². The summed E-state index contributed by atoms with van der Waals surface area (Å²) in [5, 5.41) is 3.06. The molecule has 0 spiro atoms. The SMILES string of the molecule is Cn1nc(C(F)(F)F)c(/C=C/C=O)c1Cl. The molecule has 0 fully saturated rings. The van der Waals surface area contributed by atoms with Gasteiger partial charge in [-0.2, -0.15) is 18.3 Å². The average molecular weight is 239 g/mol.